The van der Waals surface area contributed by atoms with Crippen molar-refractivity contribution < 1.29 is 0 Å². The number of aromatic nitrogens is 1. The van der Waals surface area contributed by atoms with Crippen LogP contribution in [-0.2, 0) is 0 Å². The summed E-state index contributed by atoms with van der Waals surface area (Å²) in [6.07, 6.45) is 1.68. The molecule has 1 aromatic carbocycles. The molecule has 76 valence electrons. The average molecular weight is 331 g/mol. The Bertz CT molecular complexity index is 430. The Labute approximate surface area is 107 Å². The van der Waals surface area contributed by atoms with Gasteiger partial charge in [0, 0.05) is 21.1 Å². The van der Waals surface area contributed by atoms with Crippen molar-refractivity contribution in [3.05, 3.63) is 51.3 Å². The summed E-state index contributed by atoms with van der Waals surface area (Å²) in [5.74, 6) is 0. The molecular formula is C11H8ClIN2. The number of benzene rings is 1. The molecule has 0 radical (unpaired) electrons. The van der Waals surface area contributed by atoms with Crippen molar-refractivity contribution in [3.63, 3.8) is 0 Å². The Morgan fingerprint density at radius 2 is 1.93 bits per heavy atom. The van der Waals surface area contributed by atoms with E-state index in [0.717, 1.165) is 11.4 Å². The number of nitrogens with zero attached hydrogens (tertiary/aromatic N) is 1. The molecule has 0 saturated carbocycles. The normalized spacial score (nSPS) is 10.0. The van der Waals surface area contributed by atoms with E-state index in [4.69, 9.17) is 11.6 Å². The van der Waals surface area contributed by atoms with Crippen LogP contribution >= 0.6 is 34.2 Å². The second kappa shape index (κ2) is 4.81. The van der Waals surface area contributed by atoms with E-state index in [0.29, 0.717) is 5.15 Å². The molecular weight excluding hydrogens is 322 g/mol. The Morgan fingerprint density at radius 3 is 2.67 bits per heavy atom. The van der Waals surface area contributed by atoms with Crippen LogP contribution in [0.1, 0.15) is 0 Å². The average Bonchev–Trinajstić information content (AvgIpc) is 2.17. The van der Waals surface area contributed by atoms with Crippen LogP contribution in [0, 0.1) is 3.57 Å². The maximum Gasteiger partial charge on any atom is 0.131 e. The summed E-state index contributed by atoms with van der Waals surface area (Å²) in [6, 6.07) is 11.8. The van der Waals surface area contributed by atoms with Gasteiger partial charge in [-0.25, -0.2) is 4.98 Å². The van der Waals surface area contributed by atoms with Gasteiger partial charge in [0.1, 0.15) is 5.15 Å². The topological polar surface area (TPSA) is 24.9 Å². The summed E-state index contributed by atoms with van der Waals surface area (Å²) >= 11 is 8.07. The van der Waals surface area contributed by atoms with Crippen LogP contribution in [-0.4, -0.2) is 4.98 Å². The van der Waals surface area contributed by atoms with Crippen LogP contribution in [0.3, 0.4) is 0 Å². The number of halogens is 2. The second-order valence-electron chi connectivity index (χ2n) is 3.00. The highest BCUT2D eigenvalue weighted by Gasteiger charge is 1.96. The fraction of sp³-hybridized carbons (Fsp3) is 0. The molecule has 15 heavy (non-hydrogen) atoms. The van der Waals surface area contributed by atoms with E-state index in [9.17, 15) is 0 Å². The molecule has 0 atom stereocenters. The third-order valence-electron chi connectivity index (χ3n) is 1.84. The lowest BCUT2D eigenvalue weighted by Gasteiger charge is -2.06. The SMILES string of the molecule is Clc1cc(Nc2cccc(I)c2)ccn1. The minimum Gasteiger partial charge on any atom is -0.355 e. The number of anilines is 2. The van der Waals surface area contributed by atoms with Crippen molar-refractivity contribution in [1.82, 2.24) is 4.98 Å². The van der Waals surface area contributed by atoms with Crippen molar-refractivity contribution >= 4 is 45.6 Å². The maximum absolute atomic E-state index is 5.79. The van der Waals surface area contributed by atoms with Gasteiger partial charge < -0.3 is 5.32 Å². The quantitative estimate of drug-likeness (QED) is 0.663. The van der Waals surface area contributed by atoms with E-state index < -0.39 is 0 Å². The van der Waals surface area contributed by atoms with E-state index in [1.54, 1.807) is 12.3 Å². The number of hydrogen-bond acceptors (Lipinski definition) is 2. The molecule has 0 bridgehead atoms. The molecule has 0 unspecified atom stereocenters. The van der Waals surface area contributed by atoms with Crippen LogP contribution in [0.15, 0.2) is 42.6 Å². The summed E-state index contributed by atoms with van der Waals surface area (Å²) < 4.78 is 1.19. The van der Waals surface area contributed by atoms with Crippen LogP contribution in [0.25, 0.3) is 0 Å². The summed E-state index contributed by atoms with van der Waals surface area (Å²) in [5, 5.41) is 3.75. The van der Waals surface area contributed by atoms with E-state index >= 15 is 0 Å². The smallest absolute Gasteiger partial charge is 0.131 e. The Balaban J connectivity index is 2.22. The van der Waals surface area contributed by atoms with Crippen molar-refractivity contribution in [3.8, 4) is 0 Å². The molecule has 0 saturated heterocycles. The first-order valence-corrected chi connectivity index (χ1v) is 5.84. The van der Waals surface area contributed by atoms with Gasteiger partial charge in [-0.2, -0.15) is 0 Å². The van der Waals surface area contributed by atoms with Crippen molar-refractivity contribution in [2.75, 3.05) is 5.32 Å². The molecule has 2 aromatic rings. The molecule has 0 amide bonds. The third-order valence-corrected chi connectivity index (χ3v) is 2.72. The highest BCUT2D eigenvalue weighted by Crippen LogP contribution is 2.19. The Morgan fingerprint density at radius 1 is 1.13 bits per heavy atom. The fourth-order valence-corrected chi connectivity index (χ4v) is 1.93. The van der Waals surface area contributed by atoms with Crippen LogP contribution in [0.5, 0.6) is 0 Å². The molecule has 4 heteroatoms. The highest BCUT2D eigenvalue weighted by atomic mass is 127. The van der Waals surface area contributed by atoms with Crippen molar-refractivity contribution in [2.45, 2.75) is 0 Å². The molecule has 1 heterocycles. The molecule has 0 aliphatic heterocycles. The van der Waals surface area contributed by atoms with Gasteiger partial charge in [-0.1, -0.05) is 17.7 Å². The van der Waals surface area contributed by atoms with Gasteiger partial charge in [0.15, 0.2) is 0 Å². The van der Waals surface area contributed by atoms with Gasteiger partial charge in [-0.3, -0.25) is 0 Å². The van der Waals surface area contributed by atoms with Crippen LogP contribution < -0.4 is 5.32 Å². The van der Waals surface area contributed by atoms with Gasteiger partial charge in [0.05, 0.1) is 0 Å². The van der Waals surface area contributed by atoms with E-state index in [1.807, 2.05) is 24.3 Å². The van der Waals surface area contributed by atoms with Crippen molar-refractivity contribution in [1.29, 1.82) is 0 Å². The molecule has 1 N–H and O–H groups in total. The van der Waals surface area contributed by atoms with E-state index in [-0.39, 0.29) is 0 Å². The molecule has 0 aliphatic carbocycles. The molecule has 2 nitrogen and oxygen atoms in total. The molecule has 1 aromatic heterocycles. The lowest BCUT2D eigenvalue weighted by Crippen LogP contribution is -1.90. The predicted molar refractivity (Wildman–Crippen MR) is 71.7 cm³/mol. The summed E-state index contributed by atoms with van der Waals surface area (Å²) in [5.41, 5.74) is 1.99. The fourth-order valence-electron chi connectivity index (χ4n) is 1.21. The van der Waals surface area contributed by atoms with Crippen LogP contribution in [0.4, 0.5) is 11.4 Å². The van der Waals surface area contributed by atoms with Gasteiger partial charge in [-0.05, 0) is 52.9 Å². The van der Waals surface area contributed by atoms with Gasteiger partial charge >= 0.3 is 0 Å². The standard InChI is InChI=1S/C11H8ClIN2/c12-11-7-10(4-5-14-11)15-9-3-1-2-8(13)6-9/h1-7H,(H,14,15). The van der Waals surface area contributed by atoms with Gasteiger partial charge in [0.25, 0.3) is 0 Å². The third kappa shape index (κ3) is 3.07. The zero-order valence-electron chi connectivity index (χ0n) is 7.74. The first kappa shape index (κ1) is 10.7. The van der Waals surface area contributed by atoms with Gasteiger partial charge in [0.2, 0.25) is 0 Å². The van der Waals surface area contributed by atoms with Crippen LogP contribution in [0.2, 0.25) is 5.15 Å². The lowest BCUT2D eigenvalue weighted by molar-refractivity contribution is 1.32. The predicted octanol–water partition coefficient (Wildman–Crippen LogP) is 4.08. The second-order valence-corrected chi connectivity index (χ2v) is 4.64. The van der Waals surface area contributed by atoms with Gasteiger partial charge in [-0.15, -0.1) is 0 Å². The molecule has 0 aliphatic rings. The maximum atomic E-state index is 5.79. The first-order chi connectivity index (χ1) is 7.24. The zero-order chi connectivity index (χ0) is 10.7. The van der Waals surface area contributed by atoms with E-state index in [2.05, 4.69) is 39.0 Å². The minimum absolute atomic E-state index is 0.491. The number of nitrogens with one attached hydrogen (secondary N) is 1. The minimum atomic E-state index is 0.491. The summed E-state index contributed by atoms with van der Waals surface area (Å²) in [7, 11) is 0. The zero-order valence-corrected chi connectivity index (χ0v) is 10.7. The Kier molecular flexibility index (Phi) is 3.43. The largest absolute Gasteiger partial charge is 0.355 e. The Hall–Kier alpha value is -0.810. The number of hydrogen-bond donors (Lipinski definition) is 1. The number of pyridine rings is 1. The molecule has 2 rings (SSSR count). The molecule has 0 fully saturated rings. The molecule has 0 spiro atoms. The van der Waals surface area contributed by atoms with E-state index in [1.165, 1.54) is 3.57 Å². The summed E-state index contributed by atoms with van der Waals surface area (Å²) in [6.45, 7) is 0. The monoisotopic (exact) mass is 330 g/mol. The highest BCUT2D eigenvalue weighted by molar-refractivity contribution is 14.1. The lowest BCUT2D eigenvalue weighted by atomic mass is 10.3. The first-order valence-electron chi connectivity index (χ1n) is 4.38. The summed E-state index contributed by atoms with van der Waals surface area (Å²) in [4.78, 5) is 3.92. The number of rotatable bonds is 2. The van der Waals surface area contributed by atoms with Crippen molar-refractivity contribution in [2.24, 2.45) is 0 Å².